The molecule has 2 aromatic rings. The van der Waals surface area contributed by atoms with Gasteiger partial charge >= 0.3 is 5.97 Å². The third kappa shape index (κ3) is 4.55. The fourth-order valence-corrected chi connectivity index (χ4v) is 3.17. The van der Waals surface area contributed by atoms with Crippen LogP contribution in [-0.4, -0.2) is 41.1 Å². The Morgan fingerprint density at radius 2 is 1.88 bits per heavy atom. The number of aryl methyl sites for hydroxylation is 1. The van der Waals surface area contributed by atoms with Crippen molar-refractivity contribution < 1.29 is 19.4 Å². The summed E-state index contributed by atoms with van der Waals surface area (Å²) in [5.74, 6) is -0.223. The summed E-state index contributed by atoms with van der Waals surface area (Å²) in [5, 5.41) is 9.48. The number of carboxylic acid groups (broad SMARTS) is 1. The molecule has 1 aliphatic rings. The Kier molecular flexibility index (Phi) is 5.78. The molecule has 5 nitrogen and oxygen atoms in total. The maximum Gasteiger partial charge on any atom is 0.335 e. The van der Waals surface area contributed by atoms with Crippen molar-refractivity contribution in [2.75, 3.05) is 13.1 Å². The van der Waals surface area contributed by atoms with Crippen LogP contribution >= 0.6 is 11.6 Å². The molecule has 3 rings (SSSR count). The summed E-state index contributed by atoms with van der Waals surface area (Å²) < 4.78 is 5.90. The Balaban J connectivity index is 1.48. The number of benzene rings is 2. The molecular weight excluding hydrogens is 354 g/mol. The molecule has 1 fully saturated rings. The molecule has 136 valence electrons. The third-order valence-corrected chi connectivity index (χ3v) is 4.77. The van der Waals surface area contributed by atoms with E-state index in [-0.39, 0.29) is 17.6 Å². The van der Waals surface area contributed by atoms with Gasteiger partial charge in [0.2, 0.25) is 5.91 Å². The van der Waals surface area contributed by atoms with Gasteiger partial charge in [-0.05, 0) is 36.2 Å². The van der Waals surface area contributed by atoms with Crippen LogP contribution in [0.1, 0.15) is 28.8 Å². The Morgan fingerprint density at radius 1 is 1.15 bits per heavy atom. The number of halogens is 1. The topological polar surface area (TPSA) is 66.8 Å². The van der Waals surface area contributed by atoms with Crippen molar-refractivity contribution in [3.63, 3.8) is 0 Å². The highest BCUT2D eigenvalue weighted by molar-refractivity contribution is 6.32. The lowest BCUT2D eigenvalue weighted by Crippen LogP contribution is -2.31. The fourth-order valence-electron chi connectivity index (χ4n) is 2.99. The van der Waals surface area contributed by atoms with E-state index in [1.165, 1.54) is 0 Å². The van der Waals surface area contributed by atoms with Gasteiger partial charge in [-0.15, -0.1) is 0 Å². The third-order valence-electron chi connectivity index (χ3n) is 4.46. The first-order valence-electron chi connectivity index (χ1n) is 8.54. The summed E-state index contributed by atoms with van der Waals surface area (Å²) in [5.41, 5.74) is 1.20. The summed E-state index contributed by atoms with van der Waals surface area (Å²) >= 11 is 6.11. The summed E-state index contributed by atoms with van der Waals surface area (Å²) in [4.78, 5) is 25.1. The van der Waals surface area contributed by atoms with E-state index in [0.717, 1.165) is 12.0 Å². The molecule has 26 heavy (non-hydrogen) atoms. The smallest absolute Gasteiger partial charge is 0.335 e. The van der Waals surface area contributed by atoms with Crippen molar-refractivity contribution in [2.24, 2.45) is 0 Å². The van der Waals surface area contributed by atoms with Crippen LogP contribution in [-0.2, 0) is 11.2 Å². The Morgan fingerprint density at radius 3 is 2.58 bits per heavy atom. The van der Waals surface area contributed by atoms with Gasteiger partial charge < -0.3 is 14.7 Å². The lowest BCUT2D eigenvalue weighted by molar-refractivity contribution is -0.130. The summed E-state index contributed by atoms with van der Waals surface area (Å²) in [7, 11) is 0. The van der Waals surface area contributed by atoms with Gasteiger partial charge in [0.25, 0.3) is 0 Å². The Labute approximate surface area is 157 Å². The molecule has 0 aromatic heterocycles. The number of para-hydroxylation sites is 1. The van der Waals surface area contributed by atoms with Crippen LogP contribution < -0.4 is 4.74 Å². The van der Waals surface area contributed by atoms with Crippen LogP contribution in [0, 0.1) is 0 Å². The van der Waals surface area contributed by atoms with E-state index in [1.807, 2.05) is 23.1 Å². The second-order valence-corrected chi connectivity index (χ2v) is 6.71. The first-order valence-corrected chi connectivity index (χ1v) is 8.92. The van der Waals surface area contributed by atoms with E-state index in [4.69, 9.17) is 21.4 Å². The zero-order valence-corrected chi connectivity index (χ0v) is 15.0. The monoisotopic (exact) mass is 373 g/mol. The number of carboxylic acids is 1. The van der Waals surface area contributed by atoms with Crippen LogP contribution in [0.3, 0.4) is 0 Å². The first kappa shape index (κ1) is 18.3. The second kappa shape index (κ2) is 8.23. The number of ether oxygens (including phenoxy) is 1. The van der Waals surface area contributed by atoms with Crippen LogP contribution in [0.2, 0.25) is 5.02 Å². The quantitative estimate of drug-likeness (QED) is 0.839. The number of rotatable bonds is 6. The van der Waals surface area contributed by atoms with Gasteiger partial charge in [-0.25, -0.2) is 4.79 Å². The minimum atomic E-state index is -0.950. The fraction of sp³-hybridized carbons (Fsp3) is 0.300. The second-order valence-electron chi connectivity index (χ2n) is 6.30. The lowest BCUT2D eigenvalue weighted by atomic mass is 10.1. The average molecular weight is 374 g/mol. The van der Waals surface area contributed by atoms with Crippen LogP contribution in [0.4, 0.5) is 0 Å². The van der Waals surface area contributed by atoms with Gasteiger partial charge in [-0.2, -0.15) is 0 Å². The summed E-state index contributed by atoms with van der Waals surface area (Å²) in [6.07, 6.45) is 1.72. The van der Waals surface area contributed by atoms with E-state index < -0.39 is 5.97 Å². The normalized spacial score (nSPS) is 16.5. The maximum atomic E-state index is 12.4. The van der Waals surface area contributed by atoms with Crippen molar-refractivity contribution in [1.29, 1.82) is 0 Å². The number of likely N-dealkylation sites (tertiary alicyclic amines) is 1. The number of hydrogen-bond donors (Lipinski definition) is 1. The maximum absolute atomic E-state index is 12.4. The van der Waals surface area contributed by atoms with E-state index in [1.54, 1.807) is 30.3 Å². The summed E-state index contributed by atoms with van der Waals surface area (Å²) in [6.45, 7) is 1.23. The van der Waals surface area contributed by atoms with E-state index in [0.29, 0.717) is 36.7 Å². The van der Waals surface area contributed by atoms with Crippen molar-refractivity contribution in [3.8, 4) is 5.75 Å². The van der Waals surface area contributed by atoms with Gasteiger partial charge in [0.15, 0.2) is 0 Å². The molecule has 1 heterocycles. The van der Waals surface area contributed by atoms with Crippen molar-refractivity contribution in [2.45, 2.75) is 25.4 Å². The number of nitrogens with zero attached hydrogens (tertiary/aromatic N) is 1. The molecule has 0 aliphatic carbocycles. The van der Waals surface area contributed by atoms with Gasteiger partial charge in [0.05, 0.1) is 17.1 Å². The molecule has 1 N–H and O–H groups in total. The minimum absolute atomic E-state index is 0.0475. The molecule has 0 saturated carbocycles. The van der Waals surface area contributed by atoms with Crippen molar-refractivity contribution in [1.82, 2.24) is 4.90 Å². The predicted octanol–water partition coefficient (Wildman–Crippen LogP) is 3.65. The van der Waals surface area contributed by atoms with Crippen LogP contribution in [0.5, 0.6) is 5.75 Å². The van der Waals surface area contributed by atoms with E-state index in [2.05, 4.69) is 0 Å². The van der Waals surface area contributed by atoms with Crippen LogP contribution in [0.25, 0.3) is 0 Å². The molecule has 2 aromatic carbocycles. The van der Waals surface area contributed by atoms with Gasteiger partial charge in [-0.1, -0.05) is 35.9 Å². The van der Waals surface area contributed by atoms with Crippen LogP contribution in [0.15, 0.2) is 48.5 Å². The zero-order chi connectivity index (χ0) is 18.5. The molecule has 6 heteroatoms. The Hall–Kier alpha value is -2.53. The SMILES string of the molecule is O=C(O)c1ccc(CCC(=O)N2CCC(Oc3ccccc3Cl)C2)cc1. The lowest BCUT2D eigenvalue weighted by Gasteiger charge is -2.18. The highest BCUT2D eigenvalue weighted by atomic mass is 35.5. The number of amides is 1. The Bertz CT molecular complexity index is 791. The van der Waals surface area contributed by atoms with Crippen molar-refractivity contribution >= 4 is 23.5 Å². The number of carbonyl (C=O) groups is 2. The molecule has 1 aliphatic heterocycles. The number of carbonyl (C=O) groups excluding carboxylic acids is 1. The van der Waals surface area contributed by atoms with Gasteiger partial charge in [0.1, 0.15) is 11.9 Å². The van der Waals surface area contributed by atoms with Gasteiger partial charge in [0, 0.05) is 19.4 Å². The van der Waals surface area contributed by atoms with E-state index >= 15 is 0 Å². The molecular formula is C20H20ClNO4. The first-order chi connectivity index (χ1) is 12.5. The highest BCUT2D eigenvalue weighted by Gasteiger charge is 2.27. The molecule has 1 saturated heterocycles. The molecule has 0 radical (unpaired) electrons. The molecule has 1 amide bonds. The zero-order valence-electron chi connectivity index (χ0n) is 14.2. The largest absolute Gasteiger partial charge is 0.487 e. The molecule has 0 bridgehead atoms. The summed E-state index contributed by atoms with van der Waals surface area (Å²) in [6, 6.07) is 14.0. The minimum Gasteiger partial charge on any atom is -0.487 e. The van der Waals surface area contributed by atoms with Gasteiger partial charge in [-0.3, -0.25) is 4.79 Å². The van der Waals surface area contributed by atoms with Crippen molar-refractivity contribution in [3.05, 3.63) is 64.7 Å². The molecule has 0 spiro atoms. The highest BCUT2D eigenvalue weighted by Crippen LogP contribution is 2.26. The molecule has 1 unspecified atom stereocenters. The van der Waals surface area contributed by atoms with E-state index in [9.17, 15) is 9.59 Å². The number of aromatic carboxylic acids is 1. The number of hydrogen-bond acceptors (Lipinski definition) is 3. The molecule has 1 atom stereocenters. The standard InChI is InChI=1S/C20H20ClNO4/c21-17-3-1-2-4-18(17)26-16-11-12-22(13-16)19(23)10-7-14-5-8-15(9-6-14)20(24)25/h1-6,8-9,16H,7,10-13H2,(H,24,25). The average Bonchev–Trinajstić information content (AvgIpc) is 3.10. The predicted molar refractivity (Wildman–Crippen MR) is 98.8 cm³/mol.